The molecule has 0 saturated carbocycles. The number of nitrogens with one attached hydrogen (secondary N) is 2. The first-order valence-corrected chi connectivity index (χ1v) is 12.3. The third-order valence-electron chi connectivity index (χ3n) is 5.37. The lowest BCUT2D eigenvalue weighted by Crippen LogP contribution is -2.36. The number of nitrogens with two attached hydrogens (primary N) is 1. The van der Waals surface area contributed by atoms with Crippen molar-refractivity contribution in [2.24, 2.45) is 0 Å². The Morgan fingerprint density at radius 1 is 1.18 bits per heavy atom. The van der Waals surface area contributed by atoms with Crippen LogP contribution < -0.4 is 20.5 Å². The molecule has 0 fully saturated rings. The molecular formula is C23H25ClN4O4S. The Labute approximate surface area is 197 Å². The highest BCUT2D eigenvalue weighted by molar-refractivity contribution is 7.92. The molecule has 8 nitrogen and oxygen atoms in total. The molecule has 10 heteroatoms. The Morgan fingerprint density at radius 3 is 2.70 bits per heavy atom. The van der Waals surface area contributed by atoms with Crippen LogP contribution in [0.3, 0.4) is 0 Å². The number of hydrogen-bond acceptors (Lipinski definition) is 7. The predicted octanol–water partition coefficient (Wildman–Crippen LogP) is 3.13. The van der Waals surface area contributed by atoms with E-state index in [9.17, 15) is 13.5 Å². The molecule has 5 N–H and O–H groups in total. The van der Waals surface area contributed by atoms with Gasteiger partial charge in [0, 0.05) is 35.6 Å². The molecule has 0 radical (unpaired) electrons. The number of aromatic nitrogens is 1. The molecule has 0 aliphatic carbocycles. The number of aryl methyl sites for hydroxylation is 1. The van der Waals surface area contributed by atoms with Gasteiger partial charge in [0.25, 0.3) is 10.0 Å². The third-order valence-corrected chi connectivity index (χ3v) is 7.00. The van der Waals surface area contributed by atoms with E-state index in [1.54, 1.807) is 54.7 Å². The van der Waals surface area contributed by atoms with Crippen molar-refractivity contribution in [2.75, 3.05) is 23.5 Å². The third kappa shape index (κ3) is 5.94. The highest BCUT2D eigenvalue weighted by atomic mass is 35.5. The first-order valence-electron chi connectivity index (χ1n) is 10.5. The predicted molar refractivity (Wildman–Crippen MR) is 128 cm³/mol. The van der Waals surface area contributed by atoms with Crippen LogP contribution in [0.2, 0.25) is 5.02 Å². The number of sulfonamides is 1. The first-order chi connectivity index (χ1) is 15.8. The molecule has 1 aromatic heterocycles. The highest BCUT2D eigenvalue weighted by Crippen LogP contribution is 2.30. The molecule has 1 aliphatic heterocycles. The molecule has 0 amide bonds. The maximum absolute atomic E-state index is 12.7. The van der Waals surface area contributed by atoms with Crippen LogP contribution in [0.15, 0.2) is 65.7 Å². The van der Waals surface area contributed by atoms with Gasteiger partial charge in [-0.1, -0.05) is 17.7 Å². The Morgan fingerprint density at radius 2 is 1.97 bits per heavy atom. The number of rotatable bonds is 8. The number of benzene rings is 2. The summed E-state index contributed by atoms with van der Waals surface area (Å²) in [6.45, 7) is 0.906. The lowest BCUT2D eigenvalue weighted by atomic mass is 10.0. The van der Waals surface area contributed by atoms with Crippen LogP contribution in [0, 0.1) is 0 Å². The van der Waals surface area contributed by atoms with Crippen LogP contribution in [0.1, 0.15) is 23.7 Å². The van der Waals surface area contributed by atoms with Crippen LogP contribution in [0.4, 0.5) is 11.5 Å². The molecule has 3 aromatic rings. The number of aliphatic hydroxyl groups is 1. The van der Waals surface area contributed by atoms with Crippen molar-refractivity contribution in [3.63, 3.8) is 0 Å². The molecule has 0 saturated heterocycles. The number of ether oxygens (including phenoxy) is 1. The molecule has 2 unspecified atom stereocenters. The van der Waals surface area contributed by atoms with E-state index in [2.05, 4.69) is 15.0 Å². The van der Waals surface area contributed by atoms with Gasteiger partial charge < -0.3 is 20.9 Å². The zero-order chi connectivity index (χ0) is 23.4. The van der Waals surface area contributed by atoms with Gasteiger partial charge in [0.05, 0.1) is 11.0 Å². The number of pyridine rings is 1. The van der Waals surface area contributed by atoms with E-state index in [1.807, 2.05) is 0 Å². The maximum atomic E-state index is 12.7. The summed E-state index contributed by atoms with van der Waals surface area (Å²) in [5.74, 6) is 1.08. The van der Waals surface area contributed by atoms with Gasteiger partial charge in [0.1, 0.15) is 17.7 Å². The molecule has 4 rings (SSSR count). The van der Waals surface area contributed by atoms with Gasteiger partial charge in [0.2, 0.25) is 0 Å². The Balaban J connectivity index is 1.33. The van der Waals surface area contributed by atoms with E-state index in [0.29, 0.717) is 47.4 Å². The lowest BCUT2D eigenvalue weighted by Gasteiger charge is -2.27. The molecule has 0 bridgehead atoms. The number of halogens is 1. The summed E-state index contributed by atoms with van der Waals surface area (Å²) in [4.78, 5) is 4.16. The number of aliphatic hydroxyl groups excluding tert-OH is 1. The van der Waals surface area contributed by atoms with E-state index in [-0.39, 0.29) is 11.0 Å². The van der Waals surface area contributed by atoms with Crippen LogP contribution in [-0.4, -0.2) is 37.7 Å². The topological polar surface area (TPSA) is 127 Å². The SMILES string of the molecule is Nc1ccc(C(O)CNCC2CCc3cc(S(=O)(=O)Nc4ccc(Cl)cc4)ccc3O2)cn1. The molecule has 0 spiro atoms. The van der Waals surface area contributed by atoms with Gasteiger partial charge in [-0.05, 0) is 66.9 Å². The van der Waals surface area contributed by atoms with Crippen LogP contribution in [-0.2, 0) is 16.4 Å². The van der Waals surface area contributed by atoms with Gasteiger partial charge in [-0.3, -0.25) is 4.72 Å². The minimum absolute atomic E-state index is 0.0797. The number of nitrogen functional groups attached to an aromatic ring is 1. The monoisotopic (exact) mass is 488 g/mol. The summed E-state index contributed by atoms with van der Waals surface area (Å²) in [7, 11) is -3.73. The molecular weight excluding hydrogens is 464 g/mol. The second kappa shape index (κ2) is 9.96. The van der Waals surface area contributed by atoms with Crippen molar-refractivity contribution in [1.29, 1.82) is 0 Å². The van der Waals surface area contributed by atoms with Crippen LogP contribution in [0.5, 0.6) is 5.75 Å². The molecule has 174 valence electrons. The summed E-state index contributed by atoms with van der Waals surface area (Å²) in [6, 6.07) is 14.7. The smallest absolute Gasteiger partial charge is 0.261 e. The fourth-order valence-corrected chi connectivity index (χ4v) is 4.81. The standard InChI is InChI=1S/C23H25ClN4O4S/c24-17-3-5-18(6-4-17)28-33(30,31)20-8-9-22-15(11-20)1-7-19(32-22)13-26-14-21(29)16-2-10-23(25)27-12-16/h2-6,8-12,19,21,26,28-29H,1,7,13-14H2,(H2,25,27). The average Bonchev–Trinajstić information content (AvgIpc) is 2.80. The average molecular weight is 489 g/mol. The number of anilines is 2. The Hall–Kier alpha value is -2.85. The maximum Gasteiger partial charge on any atom is 0.261 e. The summed E-state index contributed by atoms with van der Waals surface area (Å²) in [5, 5.41) is 14.0. The minimum atomic E-state index is -3.73. The fraction of sp³-hybridized carbons (Fsp3) is 0.261. The second-order valence-electron chi connectivity index (χ2n) is 7.85. The van der Waals surface area contributed by atoms with E-state index < -0.39 is 16.1 Å². The van der Waals surface area contributed by atoms with Crippen molar-refractivity contribution < 1.29 is 18.3 Å². The van der Waals surface area contributed by atoms with Gasteiger partial charge >= 0.3 is 0 Å². The second-order valence-corrected chi connectivity index (χ2v) is 9.97. The van der Waals surface area contributed by atoms with Crippen molar-refractivity contribution in [2.45, 2.75) is 29.9 Å². The molecule has 2 heterocycles. The summed E-state index contributed by atoms with van der Waals surface area (Å²) >= 11 is 5.86. The Bertz CT molecular complexity index is 1200. The number of fused-ring (bicyclic) bond motifs is 1. The Kier molecular flexibility index (Phi) is 7.04. The normalized spacial score (nSPS) is 16.5. The van der Waals surface area contributed by atoms with Crippen molar-refractivity contribution in [3.8, 4) is 5.75 Å². The summed E-state index contributed by atoms with van der Waals surface area (Å²) in [6.07, 6.45) is 2.20. The zero-order valence-corrected chi connectivity index (χ0v) is 19.3. The lowest BCUT2D eigenvalue weighted by molar-refractivity contribution is 0.146. The van der Waals surface area contributed by atoms with Gasteiger partial charge in [-0.25, -0.2) is 13.4 Å². The molecule has 33 heavy (non-hydrogen) atoms. The largest absolute Gasteiger partial charge is 0.489 e. The number of hydrogen-bond donors (Lipinski definition) is 4. The van der Waals surface area contributed by atoms with Crippen LogP contribution in [0.25, 0.3) is 0 Å². The molecule has 1 aliphatic rings. The van der Waals surface area contributed by atoms with Gasteiger partial charge in [-0.2, -0.15) is 0 Å². The first kappa shape index (κ1) is 23.3. The molecule has 2 atom stereocenters. The van der Waals surface area contributed by atoms with E-state index >= 15 is 0 Å². The van der Waals surface area contributed by atoms with E-state index in [0.717, 1.165) is 12.0 Å². The minimum Gasteiger partial charge on any atom is -0.489 e. The van der Waals surface area contributed by atoms with Crippen molar-refractivity contribution >= 4 is 33.1 Å². The van der Waals surface area contributed by atoms with Crippen LogP contribution >= 0.6 is 11.6 Å². The zero-order valence-electron chi connectivity index (χ0n) is 17.7. The molecule has 2 aromatic carbocycles. The fourth-order valence-electron chi connectivity index (χ4n) is 3.58. The van der Waals surface area contributed by atoms with E-state index in [1.165, 1.54) is 6.07 Å². The highest BCUT2D eigenvalue weighted by Gasteiger charge is 2.23. The van der Waals surface area contributed by atoms with E-state index in [4.69, 9.17) is 22.1 Å². The van der Waals surface area contributed by atoms with Gasteiger partial charge in [0.15, 0.2) is 0 Å². The quantitative estimate of drug-likeness (QED) is 0.383. The summed E-state index contributed by atoms with van der Waals surface area (Å²) in [5.41, 5.74) is 7.54. The summed E-state index contributed by atoms with van der Waals surface area (Å²) < 4.78 is 34.1. The number of nitrogens with zero attached hydrogens (tertiary/aromatic N) is 1. The van der Waals surface area contributed by atoms with Gasteiger partial charge in [-0.15, -0.1) is 0 Å². The van der Waals surface area contributed by atoms with Crippen molar-refractivity contribution in [3.05, 3.63) is 76.9 Å². The van der Waals surface area contributed by atoms with Crippen molar-refractivity contribution in [1.82, 2.24) is 10.3 Å².